The zero-order valence-electron chi connectivity index (χ0n) is 9.65. The van der Waals surface area contributed by atoms with Gasteiger partial charge < -0.3 is 15.6 Å². The van der Waals surface area contributed by atoms with E-state index in [4.69, 9.17) is 18.0 Å². The maximum atomic E-state index is 11.9. The third-order valence-electron chi connectivity index (χ3n) is 2.69. The van der Waals surface area contributed by atoms with Gasteiger partial charge in [-0.3, -0.25) is 4.79 Å². The van der Waals surface area contributed by atoms with Crippen LogP contribution in [-0.2, 0) is 7.05 Å². The summed E-state index contributed by atoms with van der Waals surface area (Å²) in [5.41, 5.74) is 5.44. The minimum absolute atomic E-state index is 0.225. The van der Waals surface area contributed by atoms with Gasteiger partial charge in [0.1, 0.15) is 5.69 Å². The average molecular weight is 240 g/mol. The monoisotopic (exact) mass is 240 g/mol. The predicted octanol–water partition coefficient (Wildman–Crippen LogP) is 0.605. The van der Waals surface area contributed by atoms with Gasteiger partial charge >= 0.3 is 0 Å². The SMILES string of the molecule is CCC(C)(NC(=O)c1cncn1C)C(N)=S. The first-order chi connectivity index (χ1) is 7.40. The van der Waals surface area contributed by atoms with Gasteiger partial charge in [0.05, 0.1) is 23.1 Å². The van der Waals surface area contributed by atoms with Crippen molar-refractivity contribution in [1.29, 1.82) is 0 Å². The number of nitrogens with two attached hydrogens (primary N) is 1. The second-order valence-corrected chi connectivity index (χ2v) is 4.33. The topological polar surface area (TPSA) is 72.9 Å². The Hall–Kier alpha value is -1.43. The van der Waals surface area contributed by atoms with Gasteiger partial charge in [-0.1, -0.05) is 19.1 Å². The van der Waals surface area contributed by atoms with Crippen molar-refractivity contribution in [2.45, 2.75) is 25.8 Å². The number of nitrogens with zero attached hydrogens (tertiary/aromatic N) is 2. The molecule has 1 atom stereocenters. The fraction of sp³-hybridized carbons (Fsp3) is 0.500. The molecular formula is C10H16N4OS. The van der Waals surface area contributed by atoms with Crippen LogP contribution >= 0.6 is 12.2 Å². The van der Waals surface area contributed by atoms with Crippen molar-refractivity contribution >= 4 is 23.1 Å². The number of hydrogen-bond donors (Lipinski definition) is 2. The predicted molar refractivity (Wildman–Crippen MR) is 66.2 cm³/mol. The van der Waals surface area contributed by atoms with Crippen LogP contribution in [0.3, 0.4) is 0 Å². The van der Waals surface area contributed by atoms with Crippen LogP contribution in [0.25, 0.3) is 0 Å². The van der Waals surface area contributed by atoms with E-state index in [0.717, 1.165) is 0 Å². The summed E-state index contributed by atoms with van der Waals surface area (Å²) in [7, 11) is 1.76. The molecule has 1 aromatic rings. The summed E-state index contributed by atoms with van der Waals surface area (Å²) in [6.45, 7) is 3.73. The number of amides is 1. The molecule has 0 aliphatic carbocycles. The highest BCUT2D eigenvalue weighted by atomic mass is 32.1. The number of aromatic nitrogens is 2. The molecule has 0 saturated heterocycles. The molecule has 3 N–H and O–H groups in total. The Morgan fingerprint density at radius 2 is 2.38 bits per heavy atom. The molecule has 0 bridgehead atoms. The second kappa shape index (κ2) is 4.61. The molecule has 0 saturated carbocycles. The Kier molecular flexibility index (Phi) is 3.64. The third-order valence-corrected chi connectivity index (χ3v) is 3.14. The Morgan fingerprint density at radius 1 is 1.75 bits per heavy atom. The normalized spacial score (nSPS) is 14.2. The van der Waals surface area contributed by atoms with E-state index < -0.39 is 5.54 Å². The molecule has 1 rings (SSSR count). The molecule has 1 amide bonds. The molecule has 88 valence electrons. The summed E-state index contributed by atoms with van der Waals surface area (Å²) in [6.07, 6.45) is 3.72. The highest BCUT2D eigenvalue weighted by Gasteiger charge is 2.28. The van der Waals surface area contributed by atoms with Gasteiger partial charge in [-0.15, -0.1) is 0 Å². The van der Waals surface area contributed by atoms with Crippen molar-refractivity contribution in [1.82, 2.24) is 14.9 Å². The maximum Gasteiger partial charge on any atom is 0.270 e. The number of imidazole rings is 1. The van der Waals surface area contributed by atoms with E-state index in [-0.39, 0.29) is 10.9 Å². The molecule has 5 nitrogen and oxygen atoms in total. The van der Waals surface area contributed by atoms with Gasteiger partial charge in [0.15, 0.2) is 0 Å². The third kappa shape index (κ3) is 2.38. The lowest BCUT2D eigenvalue weighted by molar-refractivity contribution is 0.0918. The maximum absolute atomic E-state index is 11.9. The van der Waals surface area contributed by atoms with Gasteiger partial charge in [0.25, 0.3) is 5.91 Å². The molecule has 0 aliphatic rings. The Morgan fingerprint density at radius 3 is 2.75 bits per heavy atom. The number of hydrogen-bond acceptors (Lipinski definition) is 3. The number of aryl methyl sites for hydroxylation is 1. The van der Waals surface area contributed by atoms with Crippen LogP contribution in [0, 0.1) is 0 Å². The molecule has 0 spiro atoms. The van der Waals surface area contributed by atoms with E-state index in [2.05, 4.69) is 10.3 Å². The van der Waals surface area contributed by atoms with Crippen LogP contribution in [0.15, 0.2) is 12.5 Å². The van der Waals surface area contributed by atoms with E-state index in [0.29, 0.717) is 12.1 Å². The lowest BCUT2D eigenvalue weighted by atomic mass is 9.99. The van der Waals surface area contributed by atoms with E-state index in [1.807, 2.05) is 13.8 Å². The largest absolute Gasteiger partial charge is 0.391 e. The summed E-state index contributed by atoms with van der Waals surface area (Å²) in [5.74, 6) is -0.225. The Labute approximate surface area is 100 Å². The van der Waals surface area contributed by atoms with Gasteiger partial charge in [0, 0.05) is 7.05 Å². The summed E-state index contributed by atoms with van der Waals surface area (Å²) in [4.78, 5) is 16.1. The highest BCUT2D eigenvalue weighted by Crippen LogP contribution is 2.11. The molecular weight excluding hydrogens is 224 g/mol. The Bertz CT molecular complexity index is 415. The molecule has 0 radical (unpaired) electrons. The molecule has 1 aromatic heterocycles. The number of thiocarbonyl (C=S) groups is 1. The first-order valence-electron chi connectivity index (χ1n) is 4.99. The van der Waals surface area contributed by atoms with Gasteiger partial charge in [-0.05, 0) is 13.3 Å². The number of rotatable bonds is 4. The van der Waals surface area contributed by atoms with Crippen molar-refractivity contribution in [3.8, 4) is 0 Å². The summed E-state index contributed by atoms with van der Waals surface area (Å²) in [6, 6.07) is 0. The van der Waals surface area contributed by atoms with E-state index >= 15 is 0 Å². The fourth-order valence-electron chi connectivity index (χ4n) is 1.21. The highest BCUT2D eigenvalue weighted by molar-refractivity contribution is 7.80. The minimum atomic E-state index is -0.656. The van der Waals surface area contributed by atoms with Crippen molar-refractivity contribution < 1.29 is 4.79 Å². The zero-order chi connectivity index (χ0) is 12.3. The summed E-state index contributed by atoms with van der Waals surface area (Å²) in [5, 5.41) is 2.82. The summed E-state index contributed by atoms with van der Waals surface area (Å²) < 4.78 is 1.64. The lowest BCUT2D eigenvalue weighted by Gasteiger charge is -2.28. The molecule has 0 fully saturated rings. The molecule has 6 heteroatoms. The van der Waals surface area contributed by atoms with Crippen molar-refractivity contribution in [2.75, 3.05) is 0 Å². The standard InChI is InChI=1S/C10H16N4OS/c1-4-10(2,9(11)16)13-8(15)7-5-12-6-14(7)3/h5-6H,4H2,1-3H3,(H2,11,16)(H,13,15). The van der Waals surface area contributed by atoms with E-state index in [1.54, 1.807) is 17.9 Å². The van der Waals surface area contributed by atoms with Crippen molar-refractivity contribution in [2.24, 2.45) is 12.8 Å². The van der Waals surface area contributed by atoms with Crippen LogP contribution in [0.4, 0.5) is 0 Å². The molecule has 0 aliphatic heterocycles. The van der Waals surface area contributed by atoms with E-state index in [9.17, 15) is 4.79 Å². The molecule has 16 heavy (non-hydrogen) atoms. The first-order valence-corrected chi connectivity index (χ1v) is 5.40. The quantitative estimate of drug-likeness (QED) is 0.756. The fourth-order valence-corrected chi connectivity index (χ4v) is 1.41. The second-order valence-electron chi connectivity index (χ2n) is 3.89. The van der Waals surface area contributed by atoms with Gasteiger partial charge in [-0.2, -0.15) is 0 Å². The number of nitrogens with one attached hydrogen (secondary N) is 1. The van der Waals surface area contributed by atoms with Crippen LogP contribution < -0.4 is 11.1 Å². The van der Waals surface area contributed by atoms with Gasteiger partial charge in [0.2, 0.25) is 0 Å². The molecule has 1 unspecified atom stereocenters. The van der Waals surface area contributed by atoms with Crippen LogP contribution in [0.5, 0.6) is 0 Å². The summed E-state index contributed by atoms with van der Waals surface area (Å²) >= 11 is 4.95. The zero-order valence-corrected chi connectivity index (χ0v) is 10.5. The molecule has 0 aromatic carbocycles. The van der Waals surface area contributed by atoms with Crippen molar-refractivity contribution in [3.05, 3.63) is 18.2 Å². The number of carbonyl (C=O) groups is 1. The smallest absolute Gasteiger partial charge is 0.270 e. The average Bonchev–Trinajstić information content (AvgIpc) is 2.64. The first kappa shape index (κ1) is 12.6. The van der Waals surface area contributed by atoms with Crippen LogP contribution in [-0.4, -0.2) is 26.0 Å². The number of carbonyl (C=O) groups excluding carboxylic acids is 1. The molecule has 1 heterocycles. The van der Waals surface area contributed by atoms with Crippen LogP contribution in [0.1, 0.15) is 30.8 Å². The Balaban J connectivity index is 2.86. The minimum Gasteiger partial charge on any atom is -0.391 e. The lowest BCUT2D eigenvalue weighted by Crippen LogP contribution is -2.54. The van der Waals surface area contributed by atoms with E-state index in [1.165, 1.54) is 6.20 Å². The van der Waals surface area contributed by atoms with Crippen LogP contribution in [0.2, 0.25) is 0 Å². The van der Waals surface area contributed by atoms with Gasteiger partial charge in [-0.25, -0.2) is 4.98 Å². The van der Waals surface area contributed by atoms with Crippen molar-refractivity contribution in [3.63, 3.8) is 0 Å².